The number of alkyl carbamates (subject to hydrolysis) is 1. The molecule has 13 heteroatoms. The second-order valence-electron chi connectivity index (χ2n) is 13.0. The molecule has 0 saturated carbocycles. The molecule has 2 aliphatic heterocycles. The monoisotopic (exact) mass is 730 g/mol. The van der Waals surface area contributed by atoms with Crippen LogP contribution < -0.4 is 16.0 Å². The highest BCUT2D eigenvalue weighted by molar-refractivity contribution is 8.01. The number of benzene rings is 3. The van der Waals surface area contributed by atoms with E-state index in [1.54, 1.807) is 20.8 Å². The fraction of sp³-hybridized carbons (Fsp3) is 0.342. The van der Waals surface area contributed by atoms with Crippen LogP contribution in [0, 0.1) is 0 Å². The molecule has 3 aromatic carbocycles. The molecule has 1 saturated heterocycles. The highest BCUT2D eigenvalue weighted by Crippen LogP contribution is 2.43. The standard InChI is InChI=1S/C38H42N4O7S2/c1-5-12-29(43)40-27-17-19-28(20-18-27)50-22-26-23-51-35-31(41-30(44)21-39-37(47)49-38(2,3)4)34(45)42(35)32(26)36(46)48-33(24-13-8-6-9-14-24)25-15-10-7-11-16-25/h6-11,13-20,31,33,35H,5,12,21-23H2,1-4H3,(H,39,47)(H,40,43)(H,41,44). The maximum atomic E-state index is 14.3. The predicted octanol–water partition coefficient (Wildman–Crippen LogP) is 6.03. The first-order valence-electron chi connectivity index (χ1n) is 16.7. The topological polar surface area (TPSA) is 143 Å². The van der Waals surface area contributed by atoms with Gasteiger partial charge < -0.3 is 25.4 Å². The number of β-lactam (4-membered cyclic amide) rings is 1. The molecule has 0 aromatic heterocycles. The number of anilines is 1. The summed E-state index contributed by atoms with van der Waals surface area (Å²) in [6.07, 6.45) is -0.270. The lowest BCUT2D eigenvalue weighted by molar-refractivity contribution is -0.154. The minimum Gasteiger partial charge on any atom is -0.448 e. The number of thioether (sulfide) groups is 2. The average Bonchev–Trinajstić information content (AvgIpc) is 3.11. The van der Waals surface area contributed by atoms with Crippen molar-refractivity contribution in [3.8, 4) is 0 Å². The molecule has 268 valence electrons. The van der Waals surface area contributed by atoms with Gasteiger partial charge >= 0.3 is 12.1 Å². The molecule has 3 aromatic rings. The van der Waals surface area contributed by atoms with E-state index in [1.807, 2.05) is 91.9 Å². The Bertz CT molecular complexity index is 1720. The van der Waals surface area contributed by atoms with Crippen molar-refractivity contribution in [2.45, 2.75) is 68.6 Å². The first-order chi connectivity index (χ1) is 24.4. The highest BCUT2D eigenvalue weighted by Gasteiger charge is 2.54. The Balaban J connectivity index is 1.35. The first-order valence-corrected chi connectivity index (χ1v) is 18.7. The summed E-state index contributed by atoms with van der Waals surface area (Å²) in [4.78, 5) is 67.1. The molecule has 1 fully saturated rings. The molecule has 4 amide bonds. The number of hydrogen-bond donors (Lipinski definition) is 3. The third-order valence-electron chi connectivity index (χ3n) is 7.81. The van der Waals surface area contributed by atoms with Gasteiger partial charge in [-0.05, 0) is 68.2 Å². The van der Waals surface area contributed by atoms with E-state index in [1.165, 1.54) is 28.4 Å². The van der Waals surface area contributed by atoms with E-state index in [0.717, 1.165) is 28.0 Å². The molecule has 11 nitrogen and oxygen atoms in total. The van der Waals surface area contributed by atoms with Crippen LogP contribution in [0.5, 0.6) is 0 Å². The van der Waals surface area contributed by atoms with Crippen LogP contribution in [0.25, 0.3) is 0 Å². The summed E-state index contributed by atoms with van der Waals surface area (Å²) in [7, 11) is 0. The molecule has 2 atom stereocenters. The number of esters is 1. The fourth-order valence-corrected chi connectivity index (χ4v) is 7.86. The van der Waals surface area contributed by atoms with Crippen molar-refractivity contribution >= 4 is 59.0 Å². The van der Waals surface area contributed by atoms with Crippen LogP contribution in [0.3, 0.4) is 0 Å². The third kappa shape index (κ3) is 9.95. The Kier molecular flexibility index (Phi) is 12.5. The van der Waals surface area contributed by atoms with Gasteiger partial charge in [0.1, 0.15) is 29.3 Å². The van der Waals surface area contributed by atoms with Crippen molar-refractivity contribution in [3.05, 3.63) is 107 Å². The maximum absolute atomic E-state index is 14.3. The maximum Gasteiger partial charge on any atom is 0.408 e. The van der Waals surface area contributed by atoms with Crippen LogP contribution in [0.1, 0.15) is 57.8 Å². The Hall–Kier alpha value is -4.75. The van der Waals surface area contributed by atoms with Crippen molar-refractivity contribution in [1.29, 1.82) is 0 Å². The minimum atomic E-state index is -0.894. The van der Waals surface area contributed by atoms with Crippen LogP contribution >= 0.6 is 23.5 Å². The molecule has 2 aliphatic rings. The molecule has 0 spiro atoms. The van der Waals surface area contributed by atoms with Gasteiger partial charge in [0.15, 0.2) is 6.10 Å². The van der Waals surface area contributed by atoms with E-state index < -0.39 is 47.0 Å². The van der Waals surface area contributed by atoms with E-state index in [-0.39, 0.29) is 18.1 Å². The Morgan fingerprint density at radius 3 is 2.14 bits per heavy atom. The highest BCUT2D eigenvalue weighted by atomic mass is 32.2. The van der Waals surface area contributed by atoms with Crippen molar-refractivity contribution < 1.29 is 33.4 Å². The summed E-state index contributed by atoms with van der Waals surface area (Å²) in [5.74, 6) is -0.884. The van der Waals surface area contributed by atoms with Gasteiger partial charge in [-0.3, -0.25) is 19.3 Å². The molecule has 0 aliphatic carbocycles. The quantitative estimate of drug-likeness (QED) is 0.109. The van der Waals surface area contributed by atoms with Gasteiger partial charge in [-0.15, -0.1) is 23.5 Å². The largest absolute Gasteiger partial charge is 0.448 e. The van der Waals surface area contributed by atoms with Crippen molar-refractivity contribution in [1.82, 2.24) is 15.5 Å². The Morgan fingerprint density at radius 1 is 0.922 bits per heavy atom. The molecule has 0 bridgehead atoms. The van der Waals surface area contributed by atoms with Crippen molar-refractivity contribution in [2.24, 2.45) is 0 Å². The Morgan fingerprint density at radius 2 is 1.55 bits per heavy atom. The molecule has 5 rings (SSSR count). The summed E-state index contributed by atoms with van der Waals surface area (Å²) >= 11 is 2.94. The molecule has 51 heavy (non-hydrogen) atoms. The van der Waals surface area contributed by atoms with E-state index >= 15 is 0 Å². The van der Waals surface area contributed by atoms with Gasteiger partial charge in [0.05, 0.1) is 0 Å². The number of amides is 4. The molecule has 0 radical (unpaired) electrons. The van der Waals surface area contributed by atoms with Crippen LogP contribution in [-0.4, -0.2) is 69.8 Å². The van der Waals surface area contributed by atoms with Crippen molar-refractivity contribution in [3.63, 3.8) is 0 Å². The molecule has 2 heterocycles. The third-order valence-corrected chi connectivity index (χ3v) is 10.2. The summed E-state index contributed by atoms with van der Waals surface area (Å²) in [6, 6.07) is 25.4. The van der Waals surface area contributed by atoms with Gasteiger partial charge in [0, 0.05) is 28.5 Å². The fourth-order valence-electron chi connectivity index (χ4n) is 5.48. The Labute approximate surface area is 306 Å². The number of carbonyl (C=O) groups is 5. The van der Waals surface area contributed by atoms with Gasteiger partial charge in [0.25, 0.3) is 5.91 Å². The minimum absolute atomic E-state index is 0.0441. The van der Waals surface area contributed by atoms with Gasteiger partial charge in [-0.2, -0.15) is 0 Å². The number of hydrogen-bond acceptors (Lipinski definition) is 9. The summed E-state index contributed by atoms with van der Waals surface area (Å²) in [6.45, 7) is 6.71. The van der Waals surface area contributed by atoms with E-state index in [2.05, 4.69) is 16.0 Å². The summed E-state index contributed by atoms with van der Waals surface area (Å²) in [5.41, 5.74) is 2.40. The molecule has 2 unspecified atom stereocenters. The number of carbonyl (C=O) groups excluding carboxylic acids is 5. The van der Waals surface area contributed by atoms with E-state index in [9.17, 15) is 24.0 Å². The SMILES string of the molecule is CCCC(=O)Nc1ccc(SCC2=C(C(=O)OC(c3ccccc3)c3ccccc3)N3C(=O)C(NC(=O)CNC(=O)OC(C)(C)C)C3SC2)cc1. The lowest BCUT2D eigenvalue weighted by Crippen LogP contribution is -2.71. The zero-order valence-corrected chi connectivity index (χ0v) is 30.6. The number of ether oxygens (including phenoxy) is 2. The normalized spacial score (nSPS) is 16.9. The summed E-state index contributed by atoms with van der Waals surface area (Å²) < 4.78 is 11.4. The first kappa shape index (κ1) is 37.5. The van der Waals surface area contributed by atoms with Gasteiger partial charge in [-0.1, -0.05) is 67.6 Å². The zero-order valence-electron chi connectivity index (χ0n) is 29.0. The number of nitrogens with one attached hydrogen (secondary N) is 3. The van der Waals surface area contributed by atoms with E-state index in [4.69, 9.17) is 9.47 Å². The van der Waals surface area contributed by atoms with Crippen LogP contribution in [0.2, 0.25) is 0 Å². The van der Waals surface area contributed by atoms with Crippen LogP contribution in [-0.2, 0) is 28.7 Å². The van der Waals surface area contributed by atoms with Crippen LogP contribution in [0.15, 0.2) is 101 Å². The average molecular weight is 731 g/mol. The molecular formula is C38H42N4O7S2. The van der Waals surface area contributed by atoms with E-state index in [0.29, 0.717) is 23.6 Å². The van der Waals surface area contributed by atoms with Crippen LogP contribution in [0.4, 0.5) is 10.5 Å². The second kappa shape index (κ2) is 17.0. The lowest BCUT2D eigenvalue weighted by Gasteiger charge is -2.49. The predicted molar refractivity (Wildman–Crippen MR) is 198 cm³/mol. The zero-order chi connectivity index (χ0) is 36.5. The lowest BCUT2D eigenvalue weighted by atomic mass is 10.0. The summed E-state index contributed by atoms with van der Waals surface area (Å²) in [5, 5.41) is 7.45. The van der Waals surface area contributed by atoms with Gasteiger partial charge in [-0.25, -0.2) is 9.59 Å². The molecule has 3 N–H and O–H groups in total. The second-order valence-corrected chi connectivity index (χ2v) is 15.1. The molecular weight excluding hydrogens is 689 g/mol. The van der Waals surface area contributed by atoms with Crippen molar-refractivity contribution in [2.75, 3.05) is 23.4 Å². The van der Waals surface area contributed by atoms with Gasteiger partial charge in [0.2, 0.25) is 11.8 Å². The number of fused-ring (bicyclic) bond motifs is 1. The number of rotatable bonds is 13. The number of nitrogens with zero attached hydrogens (tertiary/aromatic N) is 1. The smallest absolute Gasteiger partial charge is 0.408 e.